The molecule has 25 heavy (non-hydrogen) atoms. The maximum Gasteiger partial charge on any atom is 0.269 e. The van der Waals surface area contributed by atoms with Gasteiger partial charge in [0.25, 0.3) is 5.91 Å². The predicted octanol–water partition coefficient (Wildman–Crippen LogP) is 2.41. The Bertz CT molecular complexity index is 733. The lowest BCUT2D eigenvalue weighted by Crippen LogP contribution is -2.40. The minimum atomic E-state index is -0.524. The van der Waals surface area contributed by atoms with Crippen LogP contribution in [0.2, 0.25) is 0 Å². The Hall–Kier alpha value is -2.63. The van der Waals surface area contributed by atoms with E-state index in [9.17, 15) is 9.59 Å². The molecule has 3 N–H and O–H groups in total. The number of carbonyl (C=O) groups excluding carboxylic acids is 2. The Morgan fingerprint density at radius 2 is 1.96 bits per heavy atom. The quantitative estimate of drug-likeness (QED) is 0.875. The number of nitrogens with zero attached hydrogens (tertiary/aromatic N) is 2. The summed E-state index contributed by atoms with van der Waals surface area (Å²) in [7, 11) is 0. The van der Waals surface area contributed by atoms with Crippen LogP contribution in [0.5, 0.6) is 0 Å². The summed E-state index contributed by atoms with van der Waals surface area (Å²) >= 11 is 0. The second kappa shape index (κ2) is 7.51. The molecule has 132 valence electrons. The van der Waals surface area contributed by atoms with Crippen LogP contribution in [0, 0.1) is 0 Å². The van der Waals surface area contributed by atoms with Crippen molar-refractivity contribution < 1.29 is 9.59 Å². The van der Waals surface area contributed by atoms with E-state index in [4.69, 9.17) is 5.73 Å². The summed E-state index contributed by atoms with van der Waals surface area (Å²) in [5.41, 5.74) is 7.52. The van der Waals surface area contributed by atoms with Crippen molar-refractivity contribution in [3.8, 4) is 0 Å². The van der Waals surface area contributed by atoms with Gasteiger partial charge in [0.05, 0.1) is 5.92 Å². The normalized spacial score (nSPS) is 16.6. The number of benzene rings is 1. The molecule has 2 heterocycles. The molecule has 1 aromatic heterocycles. The summed E-state index contributed by atoms with van der Waals surface area (Å²) in [6, 6.07) is 11.7. The zero-order valence-electron chi connectivity index (χ0n) is 14.4. The van der Waals surface area contributed by atoms with Crippen molar-refractivity contribution in [2.75, 3.05) is 13.1 Å². The van der Waals surface area contributed by atoms with Gasteiger partial charge in [-0.25, -0.2) is 0 Å². The number of piperidine rings is 1. The standard InChI is InChI=1S/C19H24N4O2/c1-2-15(13-6-4-3-5-7-13)19(25)23-10-8-14(9-11-23)16-12-17(18(20)24)22-21-16/h3-7,12,14-15H,2,8-11H2,1H3,(H2,20,24)(H,21,22)/t15-/m0/s1. The first-order chi connectivity index (χ1) is 12.1. The van der Waals surface area contributed by atoms with Gasteiger partial charge in [-0.05, 0) is 30.9 Å². The Labute approximate surface area is 147 Å². The maximum absolute atomic E-state index is 12.9. The number of carbonyl (C=O) groups is 2. The van der Waals surface area contributed by atoms with E-state index in [-0.39, 0.29) is 23.4 Å². The fraction of sp³-hybridized carbons (Fsp3) is 0.421. The zero-order valence-corrected chi connectivity index (χ0v) is 14.4. The fourth-order valence-corrected chi connectivity index (χ4v) is 3.54. The number of likely N-dealkylation sites (tertiary alicyclic amines) is 1. The fourth-order valence-electron chi connectivity index (χ4n) is 3.54. The lowest BCUT2D eigenvalue weighted by molar-refractivity contribution is -0.134. The van der Waals surface area contributed by atoms with Crippen LogP contribution in [-0.4, -0.2) is 40.0 Å². The number of aromatic nitrogens is 2. The van der Waals surface area contributed by atoms with Gasteiger partial charge in [0, 0.05) is 24.7 Å². The minimum absolute atomic E-state index is 0.0774. The van der Waals surface area contributed by atoms with Crippen LogP contribution in [0.15, 0.2) is 36.4 Å². The molecule has 1 atom stereocenters. The van der Waals surface area contributed by atoms with E-state index in [0.29, 0.717) is 0 Å². The largest absolute Gasteiger partial charge is 0.364 e. The molecule has 0 unspecified atom stereocenters. The van der Waals surface area contributed by atoms with Crippen molar-refractivity contribution >= 4 is 11.8 Å². The number of rotatable bonds is 5. The third-order valence-electron chi connectivity index (χ3n) is 5.00. The molecule has 1 aromatic carbocycles. The van der Waals surface area contributed by atoms with Crippen molar-refractivity contribution in [2.45, 2.75) is 38.0 Å². The highest BCUT2D eigenvalue weighted by Crippen LogP contribution is 2.30. The first kappa shape index (κ1) is 17.2. The van der Waals surface area contributed by atoms with Gasteiger partial charge in [0.2, 0.25) is 5.91 Å². The van der Waals surface area contributed by atoms with E-state index in [2.05, 4.69) is 17.1 Å². The molecule has 2 amide bonds. The molecule has 1 aliphatic heterocycles. The van der Waals surface area contributed by atoms with Crippen LogP contribution in [-0.2, 0) is 4.79 Å². The number of aromatic amines is 1. The number of nitrogens with two attached hydrogens (primary N) is 1. The van der Waals surface area contributed by atoms with E-state index in [1.165, 1.54) is 0 Å². The van der Waals surface area contributed by atoms with Gasteiger partial charge in [-0.2, -0.15) is 5.10 Å². The average molecular weight is 340 g/mol. The molecule has 1 aliphatic rings. The van der Waals surface area contributed by atoms with Gasteiger partial charge in [0.15, 0.2) is 0 Å². The Morgan fingerprint density at radius 3 is 2.52 bits per heavy atom. The molecule has 0 saturated carbocycles. The molecule has 6 heteroatoms. The maximum atomic E-state index is 12.9. The molecule has 0 aliphatic carbocycles. The predicted molar refractivity (Wildman–Crippen MR) is 95.1 cm³/mol. The molecule has 1 fully saturated rings. The number of H-pyrrole nitrogens is 1. The van der Waals surface area contributed by atoms with Crippen molar-refractivity contribution in [3.63, 3.8) is 0 Å². The van der Waals surface area contributed by atoms with Crippen LogP contribution < -0.4 is 5.73 Å². The van der Waals surface area contributed by atoms with E-state index >= 15 is 0 Å². The van der Waals surface area contributed by atoms with Crippen molar-refractivity contribution in [1.29, 1.82) is 0 Å². The molecule has 1 saturated heterocycles. The molecular formula is C19H24N4O2. The molecule has 3 rings (SSSR count). The Kier molecular flexibility index (Phi) is 5.16. The highest BCUT2D eigenvalue weighted by molar-refractivity contribution is 5.90. The van der Waals surface area contributed by atoms with Gasteiger partial charge in [-0.1, -0.05) is 37.3 Å². The lowest BCUT2D eigenvalue weighted by atomic mass is 9.90. The van der Waals surface area contributed by atoms with Gasteiger partial charge < -0.3 is 10.6 Å². The van der Waals surface area contributed by atoms with Crippen molar-refractivity contribution in [2.24, 2.45) is 5.73 Å². The summed E-state index contributed by atoms with van der Waals surface area (Å²) in [6.07, 6.45) is 2.51. The van der Waals surface area contributed by atoms with Gasteiger partial charge in [-0.15, -0.1) is 0 Å². The highest BCUT2D eigenvalue weighted by Gasteiger charge is 2.29. The first-order valence-electron chi connectivity index (χ1n) is 8.79. The molecule has 0 bridgehead atoms. The Morgan fingerprint density at radius 1 is 1.28 bits per heavy atom. The van der Waals surface area contributed by atoms with Crippen LogP contribution in [0.3, 0.4) is 0 Å². The summed E-state index contributed by atoms with van der Waals surface area (Å²) in [5.74, 6) is -0.119. The molecule has 0 radical (unpaired) electrons. The van der Waals surface area contributed by atoms with E-state index in [1.807, 2.05) is 35.2 Å². The topological polar surface area (TPSA) is 92.1 Å². The number of amides is 2. The lowest BCUT2D eigenvalue weighted by Gasteiger charge is -2.34. The van der Waals surface area contributed by atoms with E-state index < -0.39 is 5.91 Å². The van der Waals surface area contributed by atoms with Crippen molar-refractivity contribution in [3.05, 3.63) is 53.3 Å². The summed E-state index contributed by atoms with van der Waals surface area (Å²) in [5, 5.41) is 6.85. The van der Waals surface area contributed by atoms with Crippen molar-refractivity contribution in [1.82, 2.24) is 15.1 Å². The summed E-state index contributed by atoms with van der Waals surface area (Å²) in [4.78, 5) is 26.0. The molecule has 2 aromatic rings. The van der Waals surface area contributed by atoms with Gasteiger partial charge in [-0.3, -0.25) is 14.7 Å². The van der Waals surface area contributed by atoms with Crippen LogP contribution in [0.25, 0.3) is 0 Å². The minimum Gasteiger partial charge on any atom is -0.364 e. The Balaban J connectivity index is 1.63. The summed E-state index contributed by atoms with van der Waals surface area (Å²) < 4.78 is 0. The van der Waals surface area contributed by atoms with Crippen LogP contribution in [0.1, 0.15) is 59.8 Å². The highest BCUT2D eigenvalue weighted by atomic mass is 16.2. The third kappa shape index (κ3) is 3.73. The third-order valence-corrected chi connectivity index (χ3v) is 5.00. The molecular weight excluding hydrogens is 316 g/mol. The number of primary amides is 1. The average Bonchev–Trinajstić information content (AvgIpc) is 3.14. The number of nitrogens with one attached hydrogen (secondary N) is 1. The van der Waals surface area contributed by atoms with Crippen LogP contribution >= 0.6 is 0 Å². The number of hydrogen-bond donors (Lipinski definition) is 2. The van der Waals surface area contributed by atoms with E-state index in [0.717, 1.165) is 43.6 Å². The first-order valence-corrected chi connectivity index (χ1v) is 8.79. The monoisotopic (exact) mass is 340 g/mol. The second-order valence-corrected chi connectivity index (χ2v) is 6.54. The van der Waals surface area contributed by atoms with Crippen LogP contribution in [0.4, 0.5) is 0 Å². The van der Waals surface area contributed by atoms with Gasteiger partial charge >= 0.3 is 0 Å². The smallest absolute Gasteiger partial charge is 0.269 e. The second-order valence-electron chi connectivity index (χ2n) is 6.54. The summed E-state index contributed by atoms with van der Waals surface area (Å²) in [6.45, 7) is 3.49. The SMILES string of the molecule is CC[C@H](C(=O)N1CCC(c2cc(C(N)=O)n[nH]2)CC1)c1ccccc1. The zero-order chi connectivity index (χ0) is 17.8. The molecule has 6 nitrogen and oxygen atoms in total. The number of hydrogen-bond acceptors (Lipinski definition) is 3. The molecule has 0 spiro atoms. The van der Waals surface area contributed by atoms with E-state index in [1.54, 1.807) is 6.07 Å². The van der Waals surface area contributed by atoms with Gasteiger partial charge in [0.1, 0.15) is 5.69 Å².